The number of hydrazine groups is 1. The summed E-state index contributed by atoms with van der Waals surface area (Å²) in [5.41, 5.74) is 5.33. The van der Waals surface area contributed by atoms with Gasteiger partial charge in [-0.15, -0.1) is 0 Å². The van der Waals surface area contributed by atoms with Crippen LogP contribution in [0.1, 0.15) is 19.8 Å². The maximum atomic E-state index is 12.5. The Morgan fingerprint density at radius 1 is 1.08 bits per heavy atom. The summed E-state index contributed by atoms with van der Waals surface area (Å²) in [6.45, 7) is 1.50. The molecule has 1 aromatic carbocycles. The van der Waals surface area contributed by atoms with Crippen molar-refractivity contribution in [2.75, 3.05) is 5.43 Å². The number of carbonyl (C=O) groups is 3. The lowest BCUT2D eigenvalue weighted by Gasteiger charge is -2.23. The lowest BCUT2D eigenvalue weighted by molar-refractivity contribution is -0.147. The molecule has 1 heterocycles. The Morgan fingerprint density at radius 3 is 2.08 bits per heavy atom. The molecule has 138 valence electrons. The van der Waals surface area contributed by atoms with Crippen LogP contribution in [-0.2, 0) is 14.4 Å². The number of hydrogen-bond acceptors (Lipinski definition) is 4. The van der Waals surface area contributed by atoms with E-state index in [9.17, 15) is 14.4 Å². The molecule has 0 spiro atoms. The molecule has 26 heavy (non-hydrogen) atoms. The van der Waals surface area contributed by atoms with Gasteiger partial charge in [-0.2, -0.15) is 0 Å². The number of rotatable bonds is 4. The molecule has 6 nitrogen and oxygen atoms in total. The molecule has 0 radical (unpaired) electrons. The number of amides is 3. The highest BCUT2D eigenvalue weighted by Gasteiger charge is 2.50. The van der Waals surface area contributed by atoms with Crippen molar-refractivity contribution < 1.29 is 14.4 Å². The molecule has 2 aliphatic rings. The molecule has 9 heteroatoms. The van der Waals surface area contributed by atoms with Gasteiger partial charge in [-0.3, -0.25) is 30.1 Å². The Morgan fingerprint density at radius 2 is 1.58 bits per heavy atom. The molecule has 3 rings (SSSR count). The number of nitrogens with zero attached hydrogens (tertiary/aromatic N) is 1. The van der Waals surface area contributed by atoms with E-state index in [1.807, 2.05) is 12.2 Å². The minimum atomic E-state index is -0.960. The Balaban J connectivity index is 1.69. The monoisotopic (exact) mass is 415 g/mol. The lowest BCUT2D eigenvalue weighted by Crippen LogP contribution is -2.49. The fourth-order valence-electron chi connectivity index (χ4n) is 3.22. The minimum absolute atomic E-state index is 0.223. The van der Waals surface area contributed by atoms with Crippen LogP contribution in [-0.4, -0.2) is 28.7 Å². The summed E-state index contributed by atoms with van der Waals surface area (Å²) in [6.07, 6.45) is 4.84. The summed E-state index contributed by atoms with van der Waals surface area (Å²) in [7, 11) is 0. The zero-order chi connectivity index (χ0) is 19.0. The first-order chi connectivity index (χ1) is 12.3. The van der Waals surface area contributed by atoms with Gasteiger partial charge >= 0.3 is 0 Å². The zero-order valence-electron chi connectivity index (χ0n) is 13.8. The van der Waals surface area contributed by atoms with Crippen LogP contribution in [0.25, 0.3) is 0 Å². The number of benzene rings is 1. The summed E-state index contributed by atoms with van der Waals surface area (Å²) in [5.74, 6) is -1.93. The van der Waals surface area contributed by atoms with Crippen LogP contribution in [0.15, 0.2) is 24.3 Å². The number of halogens is 3. The number of allylic oxidation sites excluding steroid dienone is 2. The normalized spacial score (nSPS) is 23.0. The van der Waals surface area contributed by atoms with Crippen molar-refractivity contribution in [1.82, 2.24) is 10.3 Å². The zero-order valence-corrected chi connectivity index (χ0v) is 16.0. The summed E-state index contributed by atoms with van der Waals surface area (Å²) < 4.78 is 0. The van der Waals surface area contributed by atoms with Gasteiger partial charge in [0.05, 0.1) is 27.6 Å². The van der Waals surface area contributed by atoms with Crippen LogP contribution in [0.5, 0.6) is 0 Å². The third kappa shape index (κ3) is 3.41. The second kappa shape index (κ2) is 7.47. The van der Waals surface area contributed by atoms with Crippen molar-refractivity contribution in [3.63, 3.8) is 0 Å². The SMILES string of the molecule is C[C@@H](C(=O)NNc1c(Cl)cc(Cl)cc1Cl)N1C(=O)C2CC=CCC2C1=O. The Labute approximate surface area is 165 Å². The molecule has 0 aromatic heterocycles. The van der Waals surface area contributed by atoms with Crippen molar-refractivity contribution in [2.45, 2.75) is 25.8 Å². The van der Waals surface area contributed by atoms with Gasteiger partial charge in [0.1, 0.15) is 6.04 Å². The van der Waals surface area contributed by atoms with Crippen molar-refractivity contribution in [3.05, 3.63) is 39.4 Å². The number of fused-ring (bicyclic) bond motifs is 1. The number of likely N-dealkylation sites (tertiary alicyclic amines) is 1. The van der Waals surface area contributed by atoms with Crippen molar-refractivity contribution in [2.24, 2.45) is 11.8 Å². The van der Waals surface area contributed by atoms with Crippen LogP contribution in [0.3, 0.4) is 0 Å². The summed E-state index contributed by atoms with van der Waals surface area (Å²) >= 11 is 17.9. The smallest absolute Gasteiger partial charge is 0.261 e. The minimum Gasteiger partial charge on any atom is -0.296 e. The molecule has 3 atom stereocenters. The predicted molar refractivity (Wildman–Crippen MR) is 99.9 cm³/mol. The number of anilines is 1. The number of imide groups is 1. The standard InChI is InChI=1S/C17H16Cl3N3O3/c1-8(23-16(25)10-4-2-3-5-11(10)17(23)26)15(24)22-21-14-12(19)6-9(18)7-13(14)20/h2-3,6-8,10-11,21H,4-5H2,1H3,(H,22,24)/t8-,10?,11?/m0/s1. The average molecular weight is 417 g/mol. The van der Waals surface area contributed by atoms with E-state index in [1.54, 1.807) is 0 Å². The van der Waals surface area contributed by atoms with E-state index in [4.69, 9.17) is 34.8 Å². The largest absolute Gasteiger partial charge is 0.296 e. The number of hydrogen-bond donors (Lipinski definition) is 2. The van der Waals surface area contributed by atoms with Gasteiger partial charge in [0.25, 0.3) is 5.91 Å². The molecule has 2 unspecified atom stereocenters. The first-order valence-corrected chi connectivity index (χ1v) is 9.17. The second-order valence-electron chi connectivity index (χ2n) is 6.24. The van der Waals surface area contributed by atoms with Gasteiger partial charge in [0.15, 0.2) is 0 Å². The Kier molecular flexibility index (Phi) is 5.46. The van der Waals surface area contributed by atoms with Gasteiger partial charge in [-0.25, -0.2) is 0 Å². The lowest BCUT2D eigenvalue weighted by atomic mass is 9.85. The Bertz CT molecular complexity index is 763. The van der Waals surface area contributed by atoms with Gasteiger partial charge in [-0.05, 0) is 31.9 Å². The molecule has 0 bridgehead atoms. The fourth-order valence-corrected chi connectivity index (χ4v) is 4.13. The van der Waals surface area contributed by atoms with Crippen LogP contribution in [0.2, 0.25) is 15.1 Å². The molecule has 1 saturated heterocycles. The molecular formula is C17H16Cl3N3O3. The Hall–Kier alpha value is -1.76. The van der Waals surface area contributed by atoms with Gasteiger partial charge < -0.3 is 0 Å². The summed E-state index contributed by atoms with van der Waals surface area (Å²) in [6, 6.07) is 1.98. The van der Waals surface area contributed by atoms with Gasteiger partial charge in [0.2, 0.25) is 11.8 Å². The summed E-state index contributed by atoms with van der Waals surface area (Å²) in [5, 5.41) is 0.802. The quantitative estimate of drug-likeness (QED) is 0.448. The molecule has 2 N–H and O–H groups in total. The fraction of sp³-hybridized carbons (Fsp3) is 0.353. The van der Waals surface area contributed by atoms with E-state index in [0.29, 0.717) is 17.9 Å². The maximum Gasteiger partial charge on any atom is 0.261 e. The first kappa shape index (κ1) is 19.0. The van der Waals surface area contributed by atoms with Crippen LogP contribution < -0.4 is 10.9 Å². The number of carbonyl (C=O) groups excluding carboxylic acids is 3. The van der Waals surface area contributed by atoms with Crippen LogP contribution in [0.4, 0.5) is 5.69 Å². The number of nitrogens with one attached hydrogen (secondary N) is 2. The van der Waals surface area contributed by atoms with Crippen molar-refractivity contribution >= 4 is 58.2 Å². The highest BCUT2D eigenvalue weighted by atomic mass is 35.5. The van der Waals surface area contributed by atoms with Gasteiger partial charge in [0, 0.05) is 5.02 Å². The van der Waals surface area contributed by atoms with E-state index in [-0.39, 0.29) is 39.4 Å². The second-order valence-corrected chi connectivity index (χ2v) is 7.49. The molecule has 1 fully saturated rings. The third-order valence-electron chi connectivity index (χ3n) is 4.63. The molecular weight excluding hydrogens is 401 g/mol. The van der Waals surface area contributed by atoms with Crippen LogP contribution >= 0.6 is 34.8 Å². The first-order valence-electron chi connectivity index (χ1n) is 8.03. The van der Waals surface area contributed by atoms with E-state index < -0.39 is 11.9 Å². The van der Waals surface area contributed by atoms with E-state index in [2.05, 4.69) is 10.9 Å². The predicted octanol–water partition coefficient (Wildman–Crippen LogP) is 3.43. The van der Waals surface area contributed by atoms with Gasteiger partial charge in [-0.1, -0.05) is 47.0 Å². The van der Waals surface area contributed by atoms with E-state index in [1.165, 1.54) is 19.1 Å². The molecule has 0 saturated carbocycles. The highest BCUT2D eigenvalue weighted by molar-refractivity contribution is 6.41. The molecule has 3 amide bonds. The van der Waals surface area contributed by atoms with Crippen molar-refractivity contribution in [1.29, 1.82) is 0 Å². The van der Waals surface area contributed by atoms with E-state index in [0.717, 1.165) is 4.90 Å². The molecule has 1 aliphatic carbocycles. The third-order valence-corrected chi connectivity index (χ3v) is 5.44. The average Bonchev–Trinajstić information content (AvgIpc) is 2.84. The van der Waals surface area contributed by atoms with E-state index >= 15 is 0 Å². The highest BCUT2D eigenvalue weighted by Crippen LogP contribution is 2.36. The molecule has 1 aliphatic heterocycles. The molecule has 1 aromatic rings. The maximum absolute atomic E-state index is 12.5. The topological polar surface area (TPSA) is 78.5 Å². The van der Waals surface area contributed by atoms with Crippen LogP contribution in [0, 0.1) is 11.8 Å². The summed E-state index contributed by atoms with van der Waals surface area (Å²) in [4.78, 5) is 38.5. The van der Waals surface area contributed by atoms with Crippen molar-refractivity contribution in [3.8, 4) is 0 Å².